The van der Waals surface area contributed by atoms with Crippen LogP contribution in [-0.4, -0.2) is 67.0 Å². The van der Waals surface area contributed by atoms with Gasteiger partial charge in [-0.15, -0.1) is 0 Å². The first-order chi connectivity index (χ1) is 16.9. The minimum Gasteiger partial charge on any atom is -0.507 e. The first-order valence-electron chi connectivity index (χ1n) is 12.3. The molecular formula is C28H36N2O5. The van der Waals surface area contributed by atoms with Gasteiger partial charge in [0.2, 0.25) is 0 Å². The SMILES string of the molecule is CCCCOc1cccc(/C(O)=C2\C(=O)C(=O)N(CCN(C)C)C2c2ccc(OCCC)cc2)c1. The monoisotopic (exact) mass is 480 g/mol. The number of likely N-dealkylation sites (N-methyl/N-ethyl adjacent to an activating group) is 1. The number of unbranched alkanes of at least 4 members (excludes halogenated alkanes) is 1. The van der Waals surface area contributed by atoms with Crippen LogP contribution in [0.1, 0.15) is 50.3 Å². The quantitative estimate of drug-likeness (QED) is 0.206. The van der Waals surface area contributed by atoms with Crippen molar-refractivity contribution in [1.29, 1.82) is 0 Å². The van der Waals surface area contributed by atoms with Gasteiger partial charge >= 0.3 is 0 Å². The van der Waals surface area contributed by atoms with Crippen LogP contribution >= 0.6 is 0 Å². The Hall–Kier alpha value is -3.32. The van der Waals surface area contributed by atoms with Crippen LogP contribution in [0.25, 0.3) is 5.76 Å². The average molecular weight is 481 g/mol. The van der Waals surface area contributed by atoms with E-state index < -0.39 is 17.7 Å². The second-order valence-corrected chi connectivity index (χ2v) is 8.94. The lowest BCUT2D eigenvalue weighted by molar-refractivity contribution is -0.140. The fraction of sp³-hybridized carbons (Fsp3) is 0.429. The van der Waals surface area contributed by atoms with Gasteiger partial charge in [-0.25, -0.2) is 0 Å². The van der Waals surface area contributed by atoms with Gasteiger partial charge in [0.05, 0.1) is 24.8 Å². The van der Waals surface area contributed by atoms with Crippen molar-refractivity contribution in [2.45, 2.75) is 39.2 Å². The van der Waals surface area contributed by atoms with E-state index in [1.54, 1.807) is 18.2 Å². The van der Waals surface area contributed by atoms with Gasteiger partial charge in [0.25, 0.3) is 11.7 Å². The molecule has 1 aliphatic heterocycles. The third-order valence-electron chi connectivity index (χ3n) is 5.87. The normalized spacial score (nSPS) is 17.3. The van der Waals surface area contributed by atoms with Crippen molar-refractivity contribution in [3.05, 3.63) is 65.2 Å². The van der Waals surface area contributed by atoms with Crippen LogP contribution in [-0.2, 0) is 9.59 Å². The first kappa shape index (κ1) is 26.3. The van der Waals surface area contributed by atoms with E-state index >= 15 is 0 Å². The second kappa shape index (κ2) is 12.4. The molecule has 0 radical (unpaired) electrons. The molecule has 35 heavy (non-hydrogen) atoms. The summed E-state index contributed by atoms with van der Waals surface area (Å²) >= 11 is 0. The van der Waals surface area contributed by atoms with E-state index in [0.717, 1.165) is 30.6 Å². The zero-order valence-corrected chi connectivity index (χ0v) is 21.1. The molecule has 7 nitrogen and oxygen atoms in total. The van der Waals surface area contributed by atoms with E-state index in [1.807, 2.05) is 56.3 Å². The predicted molar refractivity (Wildman–Crippen MR) is 137 cm³/mol. The van der Waals surface area contributed by atoms with Crippen LogP contribution < -0.4 is 9.47 Å². The maximum Gasteiger partial charge on any atom is 0.295 e. The third kappa shape index (κ3) is 6.42. The molecule has 2 aromatic rings. The summed E-state index contributed by atoms with van der Waals surface area (Å²) in [5, 5.41) is 11.3. The molecule has 1 atom stereocenters. The molecule has 188 valence electrons. The largest absolute Gasteiger partial charge is 0.507 e. The molecule has 0 aliphatic carbocycles. The number of Topliss-reactive ketones (excluding diaryl/α,β-unsaturated/α-hetero) is 1. The summed E-state index contributed by atoms with van der Waals surface area (Å²) in [7, 11) is 3.82. The van der Waals surface area contributed by atoms with Crippen LogP contribution in [0.4, 0.5) is 0 Å². The van der Waals surface area contributed by atoms with Crippen LogP contribution in [0, 0.1) is 0 Å². The van der Waals surface area contributed by atoms with Crippen molar-refractivity contribution in [3.63, 3.8) is 0 Å². The van der Waals surface area contributed by atoms with Gasteiger partial charge in [0, 0.05) is 18.7 Å². The molecule has 0 spiro atoms. The number of carbonyl (C=O) groups is 2. The minimum absolute atomic E-state index is 0.0849. The van der Waals surface area contributed by atoms with Crippen molar-refractivity contribution in [3.8, 4) is 11.5 Å². The lowest BCUT2D eigenvalue weighted by Crippen LogP contribution is -2.35. The molecule has 2 aromatic carbocycles. The standard InChI is InChI=1S/C28H36N2O5/c1-5-7-18-35-23-10-8-9-21(19-23)26(31)24-25(20-11-13-22(14-12-20)34-17-6-2)30(16-15-29(3)4)28(33)27(24)32/h8-14,19,25,31H,5-7,15-18H2,1-4H3/b26-24+. The number of aliphatic hydroxyl groups excluding tert-OH is 1. The molecule has 1 amide bonds. The molecule has 0 saturated carbocycles. The Labute approximate surface area is 207 Å². The number of hydrogen-bond acceptors (Lipinski definition) is 6. The van der Waals surface area contributed by atoms with E-state index in [9.17, 15) is 14.7 Å². The average Bonchev–Trinajstić information content (AvgIpc) is 3.11. The van der Waals surface area contributed by atoms with Gasteiger partial charge in [-0.05, 0) is 56.8 Å². The van der Waals surface area contributed by atoms with E-state index in [-0.39, 0.29) is 11.3 Å². The Morgan fingerprint density at radius 3 is 2.34 bits per heavy atom. The highest BCUT2D eigenvalue weighted by Gasteiger charge is 2.45. The predicted octanol–water partition coefficient (Wildman–Crippen LogP) is 4.64. The molecule has 1 saturated heterocycles. The van der Waals surface area contributed by atoms with E-state index in [1.165, 1.54) is 4.90 Å². The zero-order valence-electron chi connectivity index (χ0n) is 21.1. The number of ketones is 1. The smallest absolute Gasteiger partial charge is 0.295 e. The summed E-state index contributed by atoms with van der Waals surface area (Å²) in [6.07, 6.45) is 2.83. The Morgan fingerprint density at radius 2 is 1.69 bits per heavy atom. The number of carbonyl (C=O) groups excluding carboxylic acids is 2. The third-order valence-corrected chi connectivity index (χ3v) is 5.87. The molecule has 1 aliphatic rings. The summed E-state index contributed by atoms with van der Waals surface area (Å²) in [6, 6.07) is 13.7. The summed E-state index contributed by atoms with van der Waals surface area (Å²) in [5.74, 6) is -0.168. The molecule has 1 N–H and O–H groups in total. The fourth-order valence-electron chi connectivity index (χ4n) is 3.95. The van der Waals surface area contributed by atoms with Crippen molar-refractivity contribution >= 4 is 17.4 Å². The molecule has 1 heterocycles. The molecule has 0 aromatic heterocycles. The molecule has 1 unspecified atom stereocenters. The van der Waals surface area contributed by atoms with Crippen LogP contribution in [0.3, 0.4) is 0 Å². The highest BCUT2D eigenvalue weighted by atomic mass is 16.5. The maximum atomic E-state index is 13.2. The molecular weight excluding hydrogens is 444 g/mol. The summed E-state index contributed by atoms with van der Waals surface area (Å²) in [4.78, 5) is 29.7. The number of nitrogens with zero attached hydrogens (tertiary/aromatic N) is 2. The zero-order chi connectivity index (χ0) is 25.4. The lowest BCUT2D eigenvalue weighted by Gasteiger charge is -2.26. The number of benzene rings is 2. The lowest BCUT2D eigenvalue weighted by atomic mass is 9.95. The van der Waals surface area contributed by atoms with E-state index in [2.05, 4.69) is 6.92 Å². The summed E-state index contributed by atoms with van der Waals surface area (Å²) < 4.78 is 11.5. The van der Waals surface area contributed by atoms with Gasteiger partial charge < -0.3 is 24.4 Å². The van der Waals surface area contributed by atoms with Crippen molar-refractivity contribution in [1.82, 2.24) is 9.80 Å². The highest BCUT2D eigenvalue weighted by molar-refractivity contribution is 6.46. The summed E-state index contributed by atoms with van der Waals surface area (Å²) in [6.45, 7) is 6.24. The highest BCUT2D eigenvalue weighted by Crippen LogP contribution is 2.40. The number of aliphatic hydroxyl groups is 1. The molecule has 0 bridgehead atoms. The Kier molecular flexibility index (Phi) is 9.32. The number of ether oxygens (including phenoxy) is 2. The first-order valence-corrected chi connectivity index (χ1v) is 12.3. The number of likely N-dealkylation sites (tertiary alicyclic amines) is 1. The van der Waals surface area contributed by atoms with Gasteiger partial charge in [-0.1, -0.05) is 44.5 Å². The maximum absolute atomic E-state index is 13.2. The van der Waals surface area contributed by atoms with Crippen LogP contribution in [0.5, 0.6) is 11.5 Å². The van der Waals surface area contributed by atoms with Gasteiger partial charge in [-0.3, -0.25) is 9.59 Å². The topological polar surface area (TPSA) is 79.3 Å². The summed E-state index contributed by atoms with van der Waals surface area (Å²) in [5.41, 5.74) is 1.27. The van der Waals surface area contributed by atoms with Gasteiger partial charge in [0.15, 0.2) is 0 Å². The Bertz CT molecular complexity index is 1050. The van der Waals surface area contributed by atoms with Gasteiger partial charge in [0.1, 0.15) is 17.3 Å². The van der Waals surface area contributed by atoms with E-state index in [0.29, 0.717) is 37.6 Å². The number of hydrogen-bond donors (Lipinski definition) is 1. The molecule has 7 heteroatoms. The Balaban J connectivity index is 2.02. The second-order valence-electron chi connectivity index (χ2n) is 8.94. The fourth-order valence-corrected chi connectivity index (χ4v) is 3.95. The van der Waals surface area contributed by atoms with E-state index in [4.69, 9.17) is 9.47 Å². The number of rotatable bonds is 12. The van der Waals surface area contributed by atoms with Crippen molar-refractivity contribution in [2.75, 3.05) is 40.4 Å². The van der Waals surface area contributed by atoms with Crippen LogP contribution in [0.2, 0.25) is 0 Å². The van der Waals surface area contributed by atoms with Crippen molar-refractivity contribution in [2.24, 2.45) is 0 Å². The number of amides is 1. The molecule has 3 rings (SSSR count). The Morgan fingerprint density at radius 1 is 0.971 bits per heavy atom. The molecule has 1 fully saturated rings. The van der Waals surface area contributed by atoms with Gasteiger partial charge in [-0.2, -0.15) is 0 Å². The minimum atomic E-state index is -0.695. The van der Waals surface area contributed by atoms with Crippen LogP contribution in [0.15, 0.2) is 54.1 Å². The van der Waals surface area contributed by atoms with Crippen molar-refractivity contribution < 1.29 is 24.2 Å².